The van der Waals surface area contributed by atoms with Gasteiger partial charge in [-0.25, -0.2) is 0 Å². The van der Waals surface area contributed by atoms with Crippen molar-refractivity contribution >= 4 is 28.9 Å². The van der Waals surface area contributed by atoms with Crippen LogP contribution in [0.15, 0.2) is 36.1 Å². The Labute approximate surface area is 92.3 Å². The van der Waals surface area contributed by atoms with E-state index in [1.54, 1.807) is 24.3 Å². The molecule has 15 heavy (non-hydrogen) atoms. The summed E-state index contributed by atoms with van der Waals surface area (Å²) in [6.45, 7) is 1.21. The fraction of sp³-hybridized carbons (Fsp3) is 0.0909. The minimum Gasteiger partial charge on any atom is -0.421 e. The van der Waals surface area contributed by atoms with Gasteiger partial charge >= 0.3 is 5.97 Å². The summed E-state index contributed by atoms with van der Waals surface area (Å²) in [4.78, 5) is 21.6. The minimum atomic E-state index is -0.797. The molecule has 0 spiro atoms. The van der Waals surface area contributed by atoms with Crippen molar-refractivity contribution in [3.05, 3.63) is 41.7 Å². The van der Waals surface area contributed by atoms with Gasteiger partial charge in [-0.1, -0.05) is 30.3 Å². The van der Waals surface area contributed by atoms with Crippen molar-refractivity contribution in [1.29, 1.82) is 0 Å². The van der Waals surface area contributed by atoms with Gasteiger partial charge in [0, 0.05) is 6.92 Å². The number of esters is 1. The molecule has 1 rings (SSSR count). The lowest BCUT2D eigenvalue weighted by atomic mass is 10.2. The zero-order valence-electron chi connectivity index (χ0n) is 8.07. The number of allylic oxidation sites excluding steroid dienone is 1. The number of hydrogen-bond acceptors (Lipinski definition) is 3. The third-order valence-corrected chi connectivity index (χ3v) is 1.73. The van der Waals surface area contributed by atoms with Crippen molar-refractivity contribution in [3.63, 3.8) is 0 Å². The van der Waals surface area contributed by atoms with Crippen LogP contribution in [0.1, 0.15) is 12.5 Å². The average molecular weight is 225 g/mol. The monoisotopic (exact) mass is 224 g/mol. The molecular formula is C11H9ClO3. The van der Waals surface area contributed by atoms with Gasteiger partial charge in [0.25, 0.3) is 5.24 Å². The second-order valence-electron chi connectivity index (χ2n) is 2.79. The van der Waals surface area contributed by atoms with Crippen LogP contribution in [0.25, 0.3) is 6.08 Å². The lowest BCUT2D eigenvalue weighted by Gasteiger charge is -2.01. The first-order valence-corrected chi connectivity index (χ1v) is 4.62. The molecule has 0 saturated carbocycles. The summed E-state index contributed by atoms with van der Waals surface area (Å²) in [7, 11) is 0. The first kappa shape index (κ1) is 11.5. The Morgan fingerprint density at radius 1 is 1.27 bits per heavy atom. The molecule has 0 heterocycles. The molecule has 0 fully saturated rings. The van der Waals surface area contributed by atoms with Gasteiger partial charge in [0.05, 0.1) is 0 Å². The highest BCUT2D eigenvalue weighted by atomic mass is 35.5. The average Bonchev–Trinajstić information content (AvgIpc) is 2.17. The maximum atomic E-state index is 10.9. The zero-order chi connectivity index (χ0) is 11.3. The SMILES string of the molecule is CC(=O)OC(=Cc1ccccc1)C(=O)Cl. The minimum absolute atomic E-state index is 0.171. The van der Waals surface area contributed by atoms with Crippen LogP contribution in [0.3, 0.4) is 0 Å². The molecule has 0 radical (unpaired) electrons. The van der Waals surface area contributed by atoms with Crippen LogP contribution >= 0.6 is 11.6 Å². The van der Waals surface area contributed by atoms with E-state index in [9.17, 15) is 9.59 Å². The first-order chi connectivity index (χ1) is 7.09. The van der Waals surface area contributed by atoms with Crippen LogP contribution in [0, 0.1) is 0 Å². The Kier molecular flexibility index (Phi) is 4.06. The Hall–Kier alpha value is -1.61. The van der Waals surface area contributed by atoms with Gasteiger partial charge in [-0.05, 0) is 23.2 Å². The van der Waals surface area contributed by atoms with Gasteiger partial charge < -0.3 is 4.74 Å². The molecule has 0 aliphatic rings. The molecule has 1 aromatic rings. The molecule has 78 valence electrons. The number of rotatable bonds is 3. The highest BCUT2D eigenvalue weighted by molar-refractivity contribution is 6.67. The fourth-order valence-corrected chi connectivity index (χ4v) is 1.07. The molecule has 0 aliphatic carbocycles. The molecule has 0 atom stereocenters. The smallest absolute Gasteiger partial charge is 0.308 e. The van der Waals surface area contributed by atoms with E-state index in [1.165, 1.54) is 13.0 Å². The second-order valence-corrected chi connectivity index (χ2v) is 3.13. The lowest BCUT2D eigenvalue weighted by Crippen LogP contribution is -2.04. The number of benzene rings is 1. The van der Waals surface area contributed by atoms with Crippen LogP contribution in [-0.2, 0) is 14.3 Å². The molecule has 0 aromatic heterocycles. The molecule has 3 nitrogen and oxygen atoms in total. The molecule has 0 bridgehead atoms. The molecule has 0 unspecified atom stereocenters. The van der Waals surface area contributed by atoms with Gasteiger partial charge in [0.15, 0.2) is 5.76 Å². The van der Waals surface area contributed by atoms with E-state index in [0.717, 1.165) is 5.56 Å². The van der Waals surface area contributed by atoms with E-state index >= 15 is 0 Å². The van der Waals surface area contributed by atoms with E-state index in [2.05, 4.69) is 4.74 Å². The maximum Gasteiger partial charge on any atom is 0.308 e. The van der Waals surface area contributed by atoms with Crippen LogP contribution in [0.2, 0.25) is 0 Å². The number of halogens is 1. The highest BCUT2D eigenvalue weighted by Gasteiger charge is 2.10. The van der Waals surface area contributed by atoms with E-state index in [1.807, 2.05) is 6.07 Å². The van der Waals surface area contributed by atoms with Crippen LogP contribution in [-0.4, -0.2) is 11.2 Å². The molecule has 0 N–H and O–H groups in total. The number of ether oxygens (including phenoxy) is 1. The fourth-order valence-electron chi connectivity index (χ4n) is 0.982. The molecule has 1 aromatic carbocycles. The topological polar surface area (TPSA) is 43.4 Å². The number of hydrogen-bond donors (Lipinski definition) is 0. The second kappa shape index (κ2) is 5.32. The van der Waals surface area contributed by atoms with Crippen molar-refractivity contribution in [3.8, 4) is 0 Å². The summed E-state index contributed by atoms with van der Waals surface area (Å²) < 4.78 is 4.66. The lowest BCUT2D eigenvalue weighted by molar-refractivity contribution is -0.138. The van der Waals surface area contributed by atoms with Gasteiger partial charge in [-0.2, -0.15) is 0 Å². The van der Waals surface area contributed by atoms with E-state index < -0.39 is 11.2 Å². The van der Waals surface area contributed by atoms with Crippen LogP contribution in [0.4, 0.5) is 0 Å². The largest absolute Gasteiger partial charge is 0.421 e. The predicted molar refractivity (Wildman–Crippen MR) is 57.0 cm³/mol. The summed E-state index contributed by atoms with van der Waals surface area (Å²) in [6.07, 6.45) is 1.41. The Balaban J connectivity index is 2.94. The van der Waals surface area contributed by atoms with E-state index in [-0.39, 0.29) is 5.76 Å². The van der Waals surface area contributed by atoms with Crippen molar-refractivity contribution in [2.24, 2.45) is 0 Å². The Bertz CT molecular complexity index is 396. The van der Waals surface area contributed by atoms with Crippen molar-refractivity contribution in [1.82, 2.24) is 0 Å². The molecule has 0 amide bonds. The van der Waals surface area contributed by atoms with Crippen LogP contribution in [0.5, 0.6) is 0 Å². The van der Waals surface area contributed by atoms with Crippen molar-refractivity contribution in [2.45, 2.75) is 6.92 Å². The van der Waals surface area contributed by atoms with Gasteiger partial charge in [-0.15, -0.1) is 0 Å². The van der Waals surface area contributed by atoms with Gasteiger partial charge in [0.1, 0.15) is 0 Å². The maximum absolute atomic E-state index is 10.9. The van der Waals surface area contributed by atoms with Crippen molar-refractivity contribution < 1.29 is 14.3 Å². The highest BCUT2D eigenvalue weighted by Crippen LogP contribution is 2.10. The molecule has 0 saturated heterocycles. The third-order valence-electron chi connectivity index (χ3n) is 1.54. The normalized spacial score (nSPS) is 10.9. The predicted octanol–water partition coefficient (Wildman–Crippen LogP) is 2.36. The zero-order valence-corrected chi connectivity index (χ0v) is 8.82. The summed E-state index contributed by atoms with van der Waals surface area (Å²) in [5.74, 6) is -0.749. The van der Waals surface area contributed by atoms with Crippen LogP contribution < -0.4 is 0 Å². The molecule has 4 heteroatoms. The summed E-state index contributed by atoms with van der Waals surface area (Å²) in [5, 5.41) is -0.797. The summed E-state index contributed by atoms with van der Waals surface area (Å²) in [5.41, 5.74) is 0.739. The standard InChI is InChI=1S/C11H9ClO3/c1-8(13)15-10(11(12)14)7-9-5-3-2-4-6-9/h2-7H,1H3. The first-order valence-electron chi connectivity index (χ1n) is 4.24. The summed E-state index contributed by atoms with van der Waals surface area (Å²) in [6, 6.07) is 8.98. The molecular weight excluding hydrogens is 216 g/mol. The van der Waals surface area contributed by atoms with E-state index in [4.69, 9.17) is 11.6 Å². The Morgan fingerprint density at radius 3 is 2.33 bits per heavy atom. The molecule has 0 aliphatic heterocycles. The number of carbonyl (C=O) groups is 2. The van der Waals surface area contributed by atoms with Gasteiger partial charge in [-0.3, -0.25) is 9.59 Å². The third kappa shape index (κ3) is 3.95. The number of carbonyl (C=O) groups excluding carboxylic acids is 2. The van der Waals surface area contributed by atoms with Crippen molar-refractivity contribution in [2.75, 3.05) is 0 Å². The van der Waals surface area contributed by atoms with E-state index in [0.29, 0.717) is 0 Å². The van der Waals surface area contributed by atoms with Gasteiger partial charge in [0.2, 0.25) is 0 Å². The summed E-state index contributed by atoms with van der Waals surface area (Å²) >= 11 is 5.25. The quantitative estimate of drug-likeness (QED) is 0.343. The Morgan fingerprint density at radius 2 is 1.87 bits per heavy atom.